The van der Waals surface area contributed by atoms with Crippen molar-refractivity contribution in [3.05, 3.63) is 47.7 Å². The number of hydrogen-bond donors (Lipinski definition) is 2. The Kier molecular flexibility index (Phi) is 4.75. The van der Waals surface area contributed by atoms with Gasteiger partial charge in [0.1, 0.15) is 17.2 Å². The number of hydrogen-bond acceptors (Lipinski definition) is 6. The number of benzene rings is 1. The molecule has 6 nitrogen and oxygen atoms in total. The van der Waals surface area contributed by atoms with Gasteiger partial charge in [-0.15, -0.1) is 0 Å². The number of nitrogens with two attached hydrogens (primary N) is 1. The fraction of sp³-hybridized carbons (Fsp3) is 0.455. The van der Waals surface area contributed by atoms with Crippen molar-refractivity contribution in [1.82, 2.24) is 4.98 Å². The Labute approximate surface area is 166 Å². The van der Waals surface area contributed by atoms with Gasteiger partial charge in [0.2, 0.25) is 0 Å². The van der Waals surface area contributed by atoms with E-state index >= 15 is 0 Å². The third-order valence-corrected chi connectivity index (χ3v) is 5.39. The summed E-state index contributed by atoms with van der Waals surface area (Å²) in [6.07, 6.45) is 4.19. The van der Waals surface area contributed by atoms with Gasteiger partial charge < -0.3 is 20.1 Å². The van der Waals surface area contributed by atoms with Gasteiger partial charge in [0, 0.05) is 36.1 Å². The smallest absolute Gasteiger partial charge is 0.129 e. The lowest BCUT2D eigenvalue weighted by Gasteiger charge is -2.36. The molecule has 0 amide bonds. The molecule has 148 valence electrons. The van der Waals surface area contributed by atoms with Crippen LogP contribution in [-0.2, 0) is 4.74 Å². The molecule has 0 radical (unpaired) electrons. The lowest BCUT2D eigenvalue weighted by atomic mass is 10.0. The first kappa shape index (κ1) is 18.7. The highest BCUT2D eigenvalue weighted by Crippen LogP contribution is 2.40. The summed E-state index contributed by atoms with van der Waals surface area (Å²) in [7, 11) is 0. The van der Waals surface area contributed by atoms with Gasteiger partial charge in [-0.05, 0) is 63.9 Å². The number of nitrogens with zero attached hydrogens (tertiary/aromatic N) is 2. The molecule has 2 aromatic rings. The molecular formula is C22H28N4O2. The largest absolute Gasteiger partial charge is 0.488 e. The third-order valence-electron chi connectivity index (χ3n) is 5.39. The van der Waals surface area contributed by atoms with Crippen LogP contribution in [0.1, 0.15) is 44.7 Å². The second-order valence-electron chi connectivity index (χ2n) is 8.24. The maximum Gasteiger partial charge on any atom is 0.129 e. The molecule has 6 heteroatoms. The monoisotopic (exact) mass is 380 g/mol. The van der Waals surface area contributed by atoms with E-state index in [9.17, 15) is 0 Å². The van der Waals surface area contributed by atoms with E-state index in [2.05, 4.69) is 30.7 Å². The maximum absolute atomic E-state index is 8.74. The van der Waals surface area contributed by atoms with Crippen LogP contribution in [-0.4, -0.2) is 41.6 Å². The van der Waals surface area contributed by atoms with Crippen LogP contribution in [0.5, 0.6) is 5.75 Å². The molecular weight excluding hydrogens is 352 g/mol. The average molecular weight is 380 g/mol. The van der Waals surface area contributed by atoms with Gasteiger partial charge >= 0.3 is 0 Å². The summed E-state index contributed by atoms with van der Waals surface area (Å²) in [5, 5.41) is 8.74. The van der Waals surface area contributed by atoms with Crippen LogP contribution in [0.25, 0.3) is 0 Å². The van der Waals surface area contributed by atoms with Crippen molar-refractivity contribution < 1.29 is 9.47 Å². The second kappa shape index (κ2) is 7.09. The standard InChI is InChI=1S/C22H28N4O2/c1-14-12-26(13-15(2)27-14)20-10-16(6-9-25-20)21(24)18-11-17(4-5-19(18)23)28-22(3)7-8-22/h4-6,9-11,14-15,24H,7-8,12-13,23H2,1-3H3/t14-,15+. The molecule has 2 fully saturated rings. The van der Waals surface area contributed by atoms with Crippen LogP contribution in [0.15, 0.2) is 36.5 Å². The highest BCUT2D eigenvalue weighted by Gasteiger charge is 2.40. The van der Waals surface area contributed by atoms with Crippen LogP contribution < -0.4 is 15.4 Å². The van der Waals surface area contributed by atoms with Crippen molar-refractivity contribution in [2.75, 3.05) is 23.7 Å². The Hall–Kier alpha value is -2.60. The molecule has 1 aromatic heterocycles. The summed E-state index contributed by atoms with van der Waals surface area (Å²) in [5.41, 5.74) is 8.54. The average Bonchev–Trinajstić information content (AvgIpc) is 3.39. The SMILES string of the molecule is C[C@@H]1CN(c2cc(C(=N)c3cc(OC4(C)CC4)ccc3N)ccn2)C[C@H](C)O1. The molecule has 1 aromatic carbocycles. The topological polar surface area (TPSA) is 84.5 Å². The van der Waals surface area contributed by atoms with E-state index in [-0.39, 0.29) is 17.8 Å². The summed E-state index contributed by atoms with van der Waals surface area (Å²) in [4.78, 5) is 6.74. The molecule has 28 heavy (non-hydrogen) atoms. The lowest BCUT2D eigenvalue weighted by Crippen LogP contribution is -2.45. The molecule has 3 N–H and O–H groups in total. The molecule has 1 aliphatic carbocycles. The van der Waals surface area contributed by atoms with Crippen molar-refractivity contribution in [3.8, 4) is 5.75 Å². The molecule has 2 atom stereocenters. The van der Waals surface area contributed by atoms with Crippen LogP contribution >= 0.6 is 0 Å². The van der Waals surface area contributed by atoms with Gasteiger partial charge in [-0.25, -0.2) is 4.98 Å². The van der Waals surface area contributed by atoms with Crippen LogP contribution in [0.3, 0.4) is 0 Å². The Morgan fingerprint density at radius 1 is 1.21 bits per heavy atom. The van der Waals surface area contributed by atoms with E-state index < -0.39 is 0 Å². The number of aromatic nitrogens is 1. The zero-order chi connectivity index (χ0) is 19.9. The number of ether oxygens (including phenoxy) is 2. The Morgan fingerprint density at radius 2 is 1.93 bits per heavy atom. The predicted octanol–water partition coefficient (Wildman–Crippen LogP) is 3.62. The van der Waals surface area contributed by atoms with Gasteiger partial charge in [0.15, 0.2) is 0 Å². The van der Waals surface area contributed by atoms with Crippen molar-refractivity contribution in [1.29, 1.82) is 5.41 Å². The molecule has 0 unspecified atom stereocenters. The predicted molar refractivity (Wildman–Crippen MR) is 112 cm³/mol. The molecule has 4 rings (SSSR count). The van der Waals surface area contributed by atoms with E-state index in [1.807, 2.05) is 30.3 Å². The summed E-state index contributed by atoms with van der Waals surface area (Å²) < 4.78 is 11.9. The Morgan fingerprint density at radius 3 is 2.61 bits per heavy atom. The number of rotatable bonds is 5. The minimum atomic E-state index is -0.0663. The summed E-state index contributed by atoms with van der Waals surface area (Å²) >= 11 is 0. The second-order valence-corrected chi connectivity index (χ2v) is 8.24. The van der Waals surface area contributed by atoms with Gasteiger partial charge in [0.05, 0.1) is 17.9 Å². The van der Waals surface area contributed by atoms with Crippen LogP contribution in [0, 0.1) is 5.41 Å². The molecule has 1 aliphatic heterocycles. The van der Waals surface area contributed by atoms with Gasteiger partial charge in [-0.3, -0.25) is 5.41 Å². The van der Waals surface area contributed by atoms with Gasteiger partial charge in [0.25, 0.3) is 0 Å². The Balaban J connectivity index is 1.59. The van der Waals surface area contributed by atoms with Gasteiger partial charge in [-0.2, -0.15) is 0 Å². The van der Waals surface area contributed by atoms with E-state index in [0.29, 0.717) is 17.0 Å². The summed E-state index contributed by atoms with van der Waals surface area (Å²) in [6, 6.07) is 9.39. The van der Waals surface area contributed by atoms with Gasteiger partial charge in [-0.1, -0.05) is 0 Å². The highest BCUT2D eigenvalue weighted by atomic mass is 16.5. The number of nitrogen functional groups attached to an aromatic ring is 1. The first-order valence-corrected chi connectivity index (χ1v) is 9.87. The maximum atomic E-state index is 8.74. The first-order chi connectivity index (χ1) is 13.3. The summed E-state index contributed by atoms with van der Waals surface area (Å²) in [5.74, 6) is 1.62. The minimum Gasteiger partial charge on any atom is -0.488 e. The van der Waals surface area contributed by atoms with Crippen LogP contribution in [0.2, 0.25) is 0 Å². The van der Waals surface area contributed by atoms with E-state index in [1.165, 1.54) is 0 Å². The lowest BCUT2D eigenvalue weighted by molar-refractivity contribution is -0.00545. The van der Waals surface area contributed by atoms with E-state index in [4.69, 9.17) is 20.6 Å². The number of anilines is 2. The van der Waals surface area contributed by atoms with Crippen molar-refractivity contribution in [2.24, 2.45) is 0 Å². The van der Waals surface area contributed by atoms with Crippen molar-refractivity contribution in [2.45, 2.75) is 51.4 Å². The molecule has 2 heterocycles. The van der Waals surface area contributed by atoms with Crippen LogP contribution in [0.4, 0.5) is 11.5 Å². The zero-order valence-electron chi connectivity index (χ0n) is 16.7. The van der Waals surface area contributed by atoms with Crippen molar-refractivity contribution in [3.63, 3.8) is 0 Å². The molecule has 1 saturated carbocycles. The number of nitrogens with one attached hydrogen (secondary N) is 1. The molecule has 0 spiro atoms. The number of pyridine rings is 1. The Bertz CT molecular complexity index is 884. The normalized spacial score (nSPS) is 23.3. The fourth-order valence-electron chi connectivity index (χ4n) is 3.65. The molecule has 1 saturated heterocycles. The summed E-state index contributed by atoms with van der Waals surface area (Å²) in [6.45, 7) is 7.83. The first-order valence-electron chi connectivity index (χ1n) is 9.87. The quantitative estimate of drug-likeness (QED) is 0.611. The fourth-order valence-corrected chi connectivity index (χ4v) is 3.65. The minimum absolute atomic E-state index is 0.0663. The van der Waals surface area contributed by atoms with Crippen molar-refractivity contribution >= 4 is 17.2 Å². The third kappa shape index (κ3) is 3.97. The van der Waals surface area contributed by atoms with E-state index in [1.54, 1.807) is 6.20 Å². The molecule has 2 aliphatic rings. The highest BCUT2D eigenvalue weighted by molar-refractivity contribution is 6.14. The zero-order valence-corrected chi connectivity index (χ0v) is 16.7. The molecule has 0 bridgehead atoms. The van der Waals surface area contributed by atoms with E-state index in [0.717, 1.165) is 43.1 Å². The number of morpholine rings is 1.